The summed E-state index contributed by atoms with van der Waals surface area (Å²) in [6.07, 6.45) is 20.0. The molecule has 1 atom stereocenters. The summed E-state index contributed by atoms with van der Waals surface area (Å²) in [7, 11) is 0. The Morgan fingerprint density at radius 1 is 0.932 bits per heavy atom. The molecule has 0 N–H and O–H groups in total. The summed E-state index contributed by atoms with van der Waals surface area (Å²) in [5, 5.41) is 0. The highest BCUT2D eigenvalue weighted by Gasteiger charge is 2.42. The molecule has 1 nitrogen and oxygen atoms in total. The third-order valence-corrected chi connectivity index (χ3v) is 10.2. The van der Waals surface area contributed by atoms with Crippen molar-refractivity contribution >= 4 is 5.57 Å². The zero-order valence-electron chi connectivity index (χ0n) is 31.7. The molecule has 1 heteroatoms. The summed E-state index contributed by atoms with van der Waals surface area (Å²) in [6.45, 7) is 38.1. The van der Waals surface area contributed by atoms with Crippen molar-refractivity contribution in [3.8, 4) is 0 Å². The second kappa shape index (κ2) is 17.4. The Balaban J connectivity index is 0.000000433. The molecular formula is C43H71N. The van der Waals surface area contributed by atoms with Gasteiger partial charge in [0.15, 0.2) is 0 Å². The molecule has 0 aromatic heterocycles. The molecule has 1 aromatic carbocycles. The van der Waals surface area contributed by atoms with E-state index in [1.807, 2.05) is 13.8 Å². The third-order valence-electron chi connectivity index (χ3n) is 10.2. The molecule has 3 rings (SSSR count). The lowest BCUT2D eigenvalue weighted by atomic mass is 9.58. The Labute approximate surface area is 275 Å². The largest absolute Gasteiger partial charge is 0.375 e. The van der Waals surface area contributed by atoms with Crippen LogP contribution in [-0.2, 0) is 5.41 Å². The topological polar surface area (TPSA) is 3.24 Å². The molecule has 0 amide bonds. The van der Waals surface area contributed by atoms with Gasteiger partial charge in [-0.1, -0.05) is 156 Å². The number of benzene rings is 1. The van der Waals surface area contributed by atoms with Crippen LogP contribution in [0.2, 0.25) is 0 Å². The predicted molar refractivity (Wildman–Crippen MR) is 201 cm³/mol. The van der Waals surface area contributed by atoms with Crippen molar-refractivity contribution in [1.82, 2.24) is 4.90 Å². The highest BCUT2D eigenvalue weighted by Crippen LogP contribution is 2.55. The van der Waals surface area contributed by atoms with Gasteiger partial charge in [0, 0.05) is 24.2 Å². The van der Waals surface area contributed by atoms with Crippen molar-refractivity contribution in [1.29, 1.82) is 0 Å². The Morgan fingerprint density at radius 3 is 1.93 bits per heavy atom. The number of hydrogen-bond acceptors (Lipinski definition) is 1. The zero-order valence-corrected chi connectivity index (χ0v) is 31.7. The fourth-order valence-electron chi connectivity index (χ4n) is 7.14. The molecule has 1 aliphatic carbocycles. The average molecular weight is 602 g/mol. The second-order valence-corrected chi connectivity index (χ2v) is 14.8. The Hall–Kier alpha value is -2.28. The van der Waals surface area contributed by atoms with Crippen LogP contribution in [0.25, 0.3) is 5.57 Å². The number of piperidine rings is 1. The smallest absolute Gasteiger partial charge is 0.0183 e. The molecule has 44 heavy (non-hydrogen) atoms. The molecule has 0 radical (unpaired) electrons. The maximum Gasteiger partial charge on any atom is 0.0183 e. The van der Waals surface area contributed by atoms with Crippen LogP contribution < -0.4 is 0 Å². The molecular weight excluding hydrogens is 530 g/mol. The summed E-state index contributed by atoms with van der Waals surface area (Å²) in [5.41, 5.74) is 9.69. The molecule has 1 aliphatic heterocycles. The van der Waals surface area contributed by atoms with Crippen LogP contribution in [0.1, 0.15) is 153 Å². The summed E-state index contributed by atoms with van der Waals surface area (Å²) in [4.78, 5) is 2.48. The predicted octanol–water partition coefficient (Wildman–Crippen LogP) is 13.5. The Kier molecular flexibility index (Phi) is 15.7. The molecule has 248 valence electrons. The van der Waals surface area contributed by atoms with E-state index in [1.54, 1.807) is 5.57 Å². The van der Waals surface area contributed by atoms with E-state index in [4.69, 9.17) is 0 Å². The third kappa shape index (κ3) is 9.86. The van der Waals surface area contributed by atoms with Gasteiger partial charge in [-0.05, 0) is 90.9 Å². The van der Waals surface area contributed by atoms with Crippen molar-refractivity contribution < 1.29 is 0 Å². The minimum absolute atomic E-state index is 0.0995. The zero-order chi connectivity index (χ0) is 33.8. The fourth-order valence-corrected chi connectivity index (χ4v) is 7.14. The van der Waals surface area contributed by atoms with Crippen molar-refractivity contribution in [2.75, 3.05) is 13.1 Å². The summed E-state index contributed by atoms with van der Waals surface area (Å²) in [6, 6.07) is 9.27. The Bertz CT molecular complexity index is 1140. The first kappa shape index (κ1) is 39.7. The molecule has 1 heterocycles. The van der Waals surface area contributed by atoms with Gasteiger partial charge < -0.3 is 4.90 Å². The molecule has 1 aromatic rings. The van der Waals surface area contributed by atoms with Crippen LogP contribution in [0.4, 0.5) is 0 Å². The van der Waals surface area contributed by atoms with E-state index in [1.165, 1.54) is 53.7 Å². The average Bonchev–Trinajstić information content (AvgIpc) is 2.99. The van der Waals surface area contributed by atoms with E-state index in [0.29, 0.717) is 10.8 Å². The van der Waals surface area contributed by atoms with Crippen LogP contribution >= 0.6 is 0 Å². The van der Waals surface area contributed by atoms with Crippen LogP contribution in [0, 0.1) is 16.2 Å². The minimum atomic E-state index is 0.0995. The van der Waals surface area contributed by atoms with Crippen LogP contribution in [0.15, 0.2) is 78.1 Å². The summed E-state index contributed by atoms with van der Waals surface area (Å²) < 4.78 is 0. The molecule has 1 saturated heterocycles. The van der Waals surface area contributed by atoms with Gasteiger partial charge >= 0.3 is 0 Å². The number of allylic oxidation sites excluding steroid dienone is 9. The van der Waals surface area contributed by atoms with Gasteiger partial charge in [0.1, 0.15) is 0 Å². The van der Waals surface area contributed by atoms with Gasteiger partial charge in [0.2, 0.25) is 0 Å². The monoisotopic (exact) mass is 602 g/mol. The molecule has 2 aliphatic rings. The van der Waals surface area contributed by atoms with Crippen LogP contribution in [-0.4, -0.2) is 18.0 Å². The summed E-state index contributed by atoms with van der Waals surface area (Å²) in [5.74, 6) is 0. The van der Waals surface area contributed by atoms with Crippen LogP contribution in [0.5, 0.6) is 0 Å². The summed E-state index contributed by atoms with van der Waals surface area (Å²) >= 11 is 0. The highest BCUT2D eigenvalue weighted by atomic mass is 15.1. The quantitative estimate of drug-likeness (QED) is 0.212. The van der Waals surface area contributed by atoms with Crippen molar-refractivity contribution in [3.63, 3.8) is 0 Å². The van der Waals surface area contributed by atoms with E-state index in [0.717, 1.165) is 32.4 Å². The van der Waals surface area contributed by atoms with Gasteiger partial charge in [0.05, 0.1) is 0 Å². The number of rotatable bonds is 8. The first-order valence-electron chi connectivity index (χ1n) is 17.9. The number of hydrogen-bond donors (Lipinski definition) is 0. The number of likely N-dealkylation sites (tertiary alicyclic amines) is 1. The fraction of sp³-hybridized carbons (Fsp3) is 0.628. The van der Waals surface area contributed by atoms with Gasteiger partial charge in [-0.3, -0.25) is 0 Å². The van der Waals surface area contributed by atoms with Crippen LogP contribution in [0.3, 0.4) is 0 Å². The van der Waals surface area contributed by atoms with E-state index in [9.17, 15) is 0 Å². The van der Waals surface area contributed by atoms with E-state index in [2.05, 4.69) is 149 Å². The molecule has 0 spiro atoms. The maximum absolute atomic E-state index is 4.21. The normalized spacial score (nSPS) is 22.5. The Morgan fingerprint density at radius 2 is 1.50 bits per heavy atom. The van der Waals surface area contributed by atoms with Crippen molar-refractivity contribution in [2.45, 2.75) is 147 Å². The highest BCUT2D eigenvalue weighted by molar-refractivity contribution is 5.75. The lowest BCUT2D eigenvalue weighted by molar-refractivity contribution is 0.175. The van der Waals surface area contributed by atoms with Gasteiger partial charge in [-0.15, -0.1) is 0 Å². The molecule has 0 saturated carbocycles. The second-order valence-electron chi connectivity index (χ2n) is 14.8. The standard InChI is InChI=1S/C24H36.C17H29N.C2H6/c1-9-11-21-23(6,7)20(16-17-24(21,8)10-2)18-12-14-19(15-13-18)22(3,4)5;1-6-9-15(4)18-13-11-17(5,12-14-18)16(8-3)10-7-2;1-2/h11-16H,9-10,17H2,1-8H3;7-8,10H,4,6,9,11-14H2,1-3,5H3;1-2H3/b21-11-;10-7-,16-8+;. The van der Waals surface area contributed by atoms with Gasteiger partial charge in [0.25, 0.3) is 0 Å². The van der Waals surface area contributed by atoms with Crippen molar-refractivity contribution in [3.05, 3.63) is 89.2 Å². The van der Waals surface area contributed by atoms with Crippen molar-refractivity contribution in [2.24, 2.45) is 16.2 Å². The SMILES string of the molecule is C=C(CCC)N1CCC(C)(C(/C=C\C)=C/C)CC1.CC.CC/C=C1\C(C)(CC)CC=C(c2ccc(C(C)(C)C)cc2)C1(C)C. The van der Waals surface area contributed by atoms with E-state index >= 15 is 0 Å². The van der Waals surface area contributed by atoms with E-state index in [-0.39, 0.29) is 10.8 Å². The first-order chi connectivity index (χ1) is 20.6. The van der Waals surface area contributed by atoms with Gasteiger partial charge in [-0.2, -0.15) is 0 Å². The molecule has 1 unspecified atom stereocenters. The first-order valence-corrected chi connectivity index (χ1v) is 17.9. The van der Waals surface area contributed by atoms with Gasteiger partial charge in [-0.25, -0.2) is 0 Å². The molecule has 0 bridgehead atoms. The number of nitrogens with zero attached hydrogens (tertiary/aromatic N) is 1. The lowest BCUT2D eigenvalue weighted by Gasteiger charge is -2.46. The minimum Gasteiger partial charge on any atom is -0.375 e. The maximum atomic E-state index is 4.21. The lowest BCUT2D eigenvalue weighted by Crippen LogP contribution is -2.38. The van der Waals surface area contributed by atoms with E-state index < -0.39 is 0 Å². The molecule has 1 fully saturated rings.